The van der Waals surface area contributed by atoms with Crippen molar-refractivity contribution in [2.45, 2.75) is 6.54 Å². The molecule has 12 heteroatoms. The summed E-state index contributed by atoms with van der Waals surface area (Å²) in [6.07, 6.45) is 1.69. The monoisotopic (exact) mass is 449 g/mol. The van der Waals surface area contributed by atoms with Crippen LogP contribution < -0.4 is 9.80 Å². The molecule has 2 fully saturated rings. The molecule has 2 saturated heterocycles. The van der Waals surface area contributed by atoms with Crippen molar-refractivity contribution in [1.82, 2.24) is 25.2 Å². The molecule has 1 N–H and O–H groups in total. The fourth-order valence-corrected chi connectivity index (χ4v) is 5.23. The van der Waals surface area contributed by atoms with Crippen molar-refractivity contribution in [3.8, 4) is 10.7 Å². The lowest BCUT2D eigenvalue weighted by atomic mass is 10.0. The molecular formula is C18H17ClFN7O2S. The second-order valence-corrected chi connectivity index (χ2v) is 8.83. The SMILES string of the molecule is O=C(O)Cn1nnc(-c2cnc(N3CC4CN(c5cccc(F)c5Cl)CC4C3)s2)n1. The zero-order valence-electron chi connectivity index (χ0n) is 15.6. The molecule has 2 atom stereocenters. The molecule has 0 spiro atoms. The molecule has 2 aliphatic heterocycles. The first-order valence-corrected chi connectivity index (χ1v) is 10.6. The van der Waals surface area contributed by atoms with Crippen LogP contribution >= 0.6 is 22.9 Å². The first-order chi connectivity index (χ1) is 14.5. The maximum Gasteiger partial charge on any atom is 0.327 e. The normalized spacial score (nSPS) is 20.7. The Labute approximate surface area is 179 Å². The van der Waals surface area contributed by atoms with E-state index in [1.165, 1.54) is 17.4 Å². The number of carboxylic acids is 1. The molecule has 0 saturated carbocycles. The molecule has 0 aliphatic carbocycles. The number of tetrazole rings is 1. The average molecular weight is 450 g/mol. The topological polar surface area (TPSA) is 100 Å². The molecule has 5 rings (SSSR count). The lowest BCUT2D eigenvalue weighted by Gasteiger charge is -2.23. The number of aromatic nitrogens is 5. The number of halogens is 2. The van der Waals surface area contributed by atoms with Gasteiger partial charge in [0.1, 0.15) is 5.82 Å². The number of hydrogen-bond acceptors (Lipinski definition) is 8. The van der Waals surface area contributed by atoms with Gasteiger partial charge in [0.15, 0.2) is 11.7 Å². The Bertz CT molecular complexity index is 1090. The summed E-state index contributed by atoms with van der Waals surface area (Å²) in [5.74, 6) is -0.151. The average Bonchev–Trinajstić information content (AvgIpc) is 3.45. The Morgan fingerprint density at radius 2 is 1.97 bits per heavy atom. The highest BCUT2D eigenvalue weighted by molar-refractivity contribution is 7.18. The number of carboxylic acid groups (broad SMARTS) is 1. The number of anilines is 2. The number of benzene rings is 1. The Morgan fingerprint density at radius 1 is 1.23 bits per heavy atom. The third-order valence-corrected chi connectivity index (χ3v) is 6.90. The highest BCUT2D eigenvalue weighted by Crippen LogP contribution is 2.40. The van der Waals surface area contributed by atoms with E-state index in [0.29, 0.717) is 17.7 Å². The van der Waals surface area contributed by atoms with Crippen molar-refractivity contribution in [3.63, 3.8) is 0 Å². The van der Waals surface area contributed by atoms with E-state index in [4.69, 9.17) is 16.7 Å². The molecule has 30 heavy (non-hydrogen) atoms. The maximum absolute atomic E-state index is 13.8. The van der Waals surface area contributed by atoms with E-state index in [-0.39, 0.29) is 11.6 Å². The number of carbonyl (C=O) groups is 1. The van der Waals surface area contributed by atoms with Gasteiger partial charge in [-0.3, -0.25) is 4.79 Å². The molecule has 2 aliphatic rings. The van der Waals surface area contributed by atoms with Crippen LogP contribution in [0.1, 0.15) is 0 Å². The molecule has 1 aromatic carbocycles. The van der Waals surface area contributed by atoms with Crippen LogP contribution in [0.25, 0.3) is 10.7 Å². The van der Waals surface area contributed by atoms with E-state index in [1.807, 2.05) is 6.07 Å². The van der Waals surface area contributed by atoms with Gasteiger partial charge in [-0.1, -0.05) is 29.0 Å². The van der Waals surface area contributed by atoms with E-state index in [9.17, 15) is 9.18 Å². The summed E-state index contributed by atoms with van der Waals surface area (Å²) in [4.78, 5) is 21.5. The van der Waals surface area contributed by atoms with Crippen LogP contribution in [-0.4, -0.2) is 62.4 Å². The fraction of sp³-hybridized carbons (Fsp3) is 0.389. The molecule has 9 nitrogen and oxygen atoms in total. The van der Waals surface area contributed by atoms with Gasteiger partial charge in [0.25, 0.3) is 0 Å². The second-order valence-electron chi connectivity index (χ2n) is 7.45. The van der Waals surface area contributed by atoms with Crippen LogP contribution in [-0.2, 0) is 11.3 Å². The smallest absolute Gasteiger partial charge is 0.327 e. The van der Waals surface area contributed by atoms with Crippen molar-refractivity contribution in [3.05, 3.63) is 35.2 Å². The zero-order chi connectivity index (χ0) is 20.8. The molecule has 156 valence electrons. The fourth-order valence-electron chi connectivity index (χ4n) is 4.13. The summed E-state index contributed by atoms with van der Waals surface area (Å²) in [6, 6.07) is 4.93. The van der Waals surface area contributed by atoms with Gasteiger partial charge in [0.05, 0.1) is 21.8 Å². The zero-order valence-corrected chi connectivity index (χ0v) is 17.2. The minimum Gasteiger partial charge on any atom is -0.480 e. The highest BCUT2D eigenvalue weighted by atomic mass is 35.5. The summed E-state index contributed by atoms with van der Waals surface area (Å²) in [6.45, 7) is 3.04. The van der Waals surface area contributed by atoms with Crippen molar-refractivity contribution in [2.75, 3.05) is 36.0 Å². The third-order valence-electron chi connectivity index (χ3n) is 5.47. The van der Waals surface area contributed by atoms with Gasteiger partial charge in [0.2, 0.25) is 5.82 Å². The lowest BCUT2D eigenvalue weighted by Crippen LogP contribution is -2.28. The van der Waals surface area contributed by atoms with Crippen LogP contribution in [0.15, 0.2) is 24.4 Å². The number of aliphatic carboxylic acids is 1. The van der Waals surface area contributed by atoms with E-state index in [1.54, 1.807) is 12.3 Å². The molecule has 2 aromatic heterocycles. The van der Waals surface area contributed by atoms with E-state index in [0.717, 1.165) is 46.7 Å². The van der Waals surface area contributed by atoms with E-state index in [2.05, 4.69) is 30.2 Å². The first kappa shape index (κ1) is 19.2. The van der Waals surface area contributed by atoms with Crippen molar-refractivity contribution in [2.24, 2.45) is 11.8 Å². The van der Waals surface area contributed by atoms with Crippen molar-refractivity contribution >= 4 is 39.7 Å². The van der Waals surface area contributed by atoms with Crippen LogP contribution in [0.5, 0.6) is 0 Å². The summed E-state index contributed by atoms with van der Waals surface area (Å²) in [7, 11) is 0. The van der Waals surface area contributed by atoms with Crippen LogP contribution in [0.3, 0.4) is 0 Å². The Morgan fingerprint density at radius 3 is 2.70 bits per heavy atom. The van der Waals surface area contributed by atoms with Gasteiger partial charge < -0.3 is 14.9 Å². The molecule has 0 radical (unpaired) electrons. The Kier molecular flexibility index (Phi) is 4.78. The summed E-state index contributed by atoms with van der Waals surface area (Å²) < 4.78 is 13.8. The van der Waals surface area contributed by atoms with Gasteiger partial charge in [-0.2, -0.15) is 4.80 Å². The Balaban J connectivity index is 1.25. The molecule has 2 unspecified atom stereocenters. The summed E-state index contributed by atoms with van der Waals surface area (Å²) >= 11 is 7.62. The first-order valence-electron chi connectivity index (χ1n) is 9.37. The third kappa shape index (κ3) is 3.47. The summed E-state index contributed by atoms with van der Waals surface area (Å²) in [5.41, 5.74) is 0.754. The minimum absolute atomic E-state index is 0.183. The van der Waals surface area contributed by atoms with E-state index >= 15 is 0 Å². The Hall–Kier alpha value is -2.79. The number of nitrogens with zero attached hydrogens (tertiary/aromatic N) is 7. The van der Waals surface area contributed by atoms with Crippen LogP contribution in [0.4, 0.5) is 15.2 Å². The number of rotatable bonds is 5. The van der Waals surface area contributed by atoms with Crippen molar-refractivity contribution < 1.29 is 14.3 Å². The number of fused-ring (bicyclic) bond motifs is 1. The molecule has 0 bridgehead atoms. The molecule has 3 aromatic rings. The van der Waals surface area contributed by atoms with Crippen molar-refractivity contribution in [1.29, 1.82) is 0 Å². The standard InChI is InChI=1S/C18H17ClFN7O2S/c19-16-12(20)2-1-3-13(16)25-5-10-7-26(8-11(10)6-25)18-21-4-14(30-18)17-22-24-27(23-17)9-15(28)29/h1-4,10-11H,5-9H2,(H,28,29). The highest BCUT2D eigenvalue weighted by Gasteiger charge is 2.41. The predicted octanol–water partition coefficient (Wildman–Crippen LogP) is 2.25. The number of thiazole rings is 1. The molecule has 4 heterocycles. The van der Waals surface area contributed by atoms with Crippen LogP contribution in [0.2, 0.25) is 5.02 Å². The van der Waals surface area contributed by atoms with Gasteiger partial charge >= 0.3 is 5.97 Å². The van der Waals surface area contributed by atoms with Gasteiger partial charge in [-0.25, -0.2) is 9.37 Å². The maximum atomic E-state index is 13.8. The number of hydrogen-bond donors (Lipinski definition) is 1. The largest absolute Gasteiger partial charge is 0.480 e. The second kappa shape index (κ2) is 7.47. The summed E-state index contributed by atoms with van der Waals surface area (Å²) in [5, 5.41) is 21.6. The predicted molar refractivity (Wildman–Crippen MR) is 109 cm³/mol. The van der Waals surface area contributed by atoms with Gasteiger partial charge in [-0.15, -0.1) is 10.2 Å². The van der Waals surface area contributed by atoms with Gasteiger partial charge in [-0.05, 0) is 17.3 Å². The van der Waals surface area contributed by atoms with Gasteiger partial charge in [0, 0.05) is 38.0 Å². The van der Waals surface area contributed by atoms with Crippen LogP contribution in [0, 0.1) is 17.7 Å². The molecular weight excluding hydrogens is 433 g/mol. The minimum atomic E-state index is -1.03. The lowest BCUT2D eigenvalue weighted by molar-refractivity contribution is -0.138. The quantitative estimate of drug-likeness (QED) is 0.633. The molecule has 0 amide bonds. The van der Waals surface area contributed by atoms with E-state index < -0.39 is 11.8 Å².